The lowest BCUT2D eigenvalue weighted by atomic mass is 10.2. The molecule has 2 amide bonds. The van der Waals surface area contributed by atoms with Crippen molar-refractivity contribution in [1.82, 2.24) is 9.80 Å². The fourth-order valence-corrected chi connectivity index (χ4v) is 2.90. The normalized spacial score (nSPS) is 15.8. The van der Waals surface area contributed by atoms with Crippen LogP contribution in [-0.2, 0) is 9.53 Å². The van der Waals surface area contributed by atoms with Crippen LogP contribution in [0.3, 0.4) is 0 Å². The van der Waals surface area contributed by atoms with Crippen molar-refractivity contribution in [2.45, 2.75) is 32.8 Å². The van der Waals surface area contributed by atoms with Gasteiger partial charge in [0.05, 0.1) is 5.69 Å². The van der Waals surface area contributed by atoms with E-state index in [0.717, 1.165) is 23.2 Å². The average Bonchev–Trinajstić information content (AvgIpc) is 2.54. The van der Waals surface area contributed by atoms with Crippen LogP contribution in [0.2, 0.25) is 0 Å². The number of benzene rings is 1. The van der Waals surface area contributed by atoms with Crippen LogP contribution in [0.25, 0.3) is 0 Å². The predicted molar refractivity (Wildman–Crippen MR) is 102 cm³/mol. The summed E-state index contributed by atoms with van der Waals surface area (Å²) in [7, 11) is 0. The quantitative estimate of drug-likeness (QED) is 0.824. The molecule has 0 spiro atoms. The van der Waals surface area contributed by atoms with Crippen LogP contribution < -0.4 is 5.32 Å². The Hall–Kier alpha value is -1.60. The first kappa shape index (κ1) is 19.7. The Morgan fingerprint density at radius 3 is 2.40 bits per heavy atom. The molecule has 0 aliphatic carbocycles. The van der Waals surface area contributed by atoms with Crippen molar-refractivity contribution in [2.24, 2.45) is 0 Å². The highest BCUT2D eigenvalue weighted by Gasteiger charge is 2.25. The first-order chi connectivity index (χ1) is 11.7. The van der Waals surface area contributed by atoms with Gasteiger partial charge in [-0.25, -0.2) is 4.79 Å². The van der Waals surface area contributed by atoms with Gasteiger partial charge in [-0.05, 0) is 48.8 Å². The third-order valence-electron chi connectivity index (χ3n) is 3.83. The van der Waals surface area contributed by atoms with Crippen molar-refractivity contribution in [1.29, 1.82) is 0 Å². The average molecular weight is 412 g/mol. The molecule has 0 unspecified atom stereocenters. The van der Waals surface area contributed by atoms with Gasteiger partial charge in [0.15, 0.2) is 0 Å². The van der Waals surface area contributed by atoms with Gasteiger partial charge in [0, 0.05) is 43.6 Å². The van der Waals surface area contributed by atoms with Crippen molar-refractivity contribution < 1.29 is 14.3 Å². The van der Waals surface area contributed by atoms with Gasteiger partial charge in [0.1, 0.15) is 5.60 Å². The number of nitrogens with zero attached hydrogens (tertiary/aromatic N) is 2. The van der Waals surface area contributed by atoms with E-state index in [0.29, 0.717) is 26.1 Å². The summed E-state index contributed by atoms with van der Waals surface area (Å²) >= 11 is 3.42. The molecule has 1 heterocycles. The first-order valence-corrected chi connectivity index (χ1v) is 9.28. The van der Waals surface area contributed by atoms with Gasteiger partial charge < -0.3 is 15.0 Å². The fourth-order valence-electron chi connectivity index (χ4n) is 2.52. The maximum absolute atomic E-state index is 12.1. The van der Waals surface area contributed by atoms with Gasteiger partial charge in [0.2, 0.25) is 5.91 Å². The lowest BCUT2D eigenvalue weighted by Crippen LogP contribution is -2.50. The van der Waals surface area contributed by atoms with Gasteiger partial charge in [0.25, 0.3) is 0 Å². The smallest absolute Gasteiger partial charge is 0.410 e. The second-order valence-corrected chi connectivity index (χ2v) is 7.94. The molecule has 1 N–H and O–H groups in total. The molecule has 1 saturated heterocycles. The number of anilines is 1. The van der Waals surface area contributed by atoms with E-state index in [1.165, 1.54) is 0 Å². The second-order valence-electron chi connectivity index (χ2n) is 7.09. The molecule has 1 aliphatic rings. The summed E-state index contributed by atoms with van der Waals surface area (Å²) in [5.41, 5.74) is 0.306. The second kappa shape index (κ2) is 8.67. The van der Waals surface area contributed by atoms with E-state index in [9.17, 15) is 9.59 Å². The summed E-state index contributed by atoms with van der Waals surface area (Å²) < 4.78 is 6.26. The molecule has 2 rings (SSSR count). The van der Waals surface area contributed by atoms with Gasteiger partial charge in [-0.3, -0.25) is 9.69 Å². The Bertz CT molecular complexity index is 608. The van der Waals surface area contributed by atoms with Crippen LogP contribution in [0.4, 0.5) is 10.5 Å². The van der Waals surface area contributed by atoms with Crippen molar-refractivity contribution in [3.05, 3.63) is 28.7 Å². The van der Waals surface area contributed by atoms with E-state index in [2.05, 4.69) is 26.1 Å². The number of carbonyl (C=O) groups excluding carboxylic acids is 2. The molecule has 0 atom stereocenters. The van der Waals surface area contributed by atoms with E-state index in [4.69, 9.17) is 4.74 Å². The van der Waals surface area contributed by atoms with E-state index in [-0.39, 0.29) is 12.0 Å². The largest absolute Gasteiger partial charge is 0.444 e. The molecule has 0 aromatic heterocycles. The number of hydrogen-bond acceptors (Lipinski definition) is 4. The lowest BCUT2D eigenvalue weighted by Gasteiger charge is -2.35. The molecule has 1 aromatic rings. The molecule has 0 bridgehead atoms. The Kier molecular flexibility index (Phi) is 6.84. The summed E-state index contributed by atoms with van der Waals surface area (Å²) in [6, 6.07) is 7.55. The first-order valence-electron chi connectivity index (χ1n) is 8.49. The monoisotopic (exact) mass is 411 g/mol. The van der Waals surface area contributed by atoms with Crippen molar-refractivity contribution in [3.8, 4) is 0 Å². The van der Waals surface area contributed by atoms with E-state index >= 15 is 0 Å². The molecule has 1 fully saturated rings. The Morgan fingerprint density at radius 2 is 1.80 bits per heavy atom. The zero-order valence-electron chi connectivity index (χ0n) is 15.0. The van der Waals surface area contributed by atoms with Crippen LogP contribution in [0, 0.1) is 0 Å². The lowest BCUT2D eigenvalue weighted by molar-refractivity contribution is -0.116. The van der Waals surface area contributed by atoms with Crippen molar-refractivity contribution in [3.63, 3.8) is 0 Å². The summed E-state index contributed by atoms with van der Waals surface area (Å²) in [6.07, 6.45) is 0.159. The minimum absolute atomic E-state index is 0.0125. The highest BCUT2D eigenvalue weighted by molar-refractivity contribution is 9.10. The highest BCUT2D eigenvalue weighted by Crippen LogP contribution is 2.21. The summed E-state index contributed by atoms with van der Waals surface area (Å²) in [5.74, 6) is -0.0125. The third kappa shape index (κ3) is 6.66. The molecule has 25 heavy (non-hydrogen) atoms. The molecule has 138 valence electrons. The number of nitrogens with one attached hydrogen (secondary N) is 1. The highest BCUT2D eigenvalue weighted by atomic mass is 79.9. The fraction of sp³-hybridized carbons (Fsp3) is 0.556. The zero-order chi connectivity index (χ0) is 18.4. The van der Waals surface area contributed by atoms with Crippen LogP contribution >= 0.6 is 15.9 Å². The SMILES string of the molecule is CC(C)(C)OC(=O)N1CCN(CCC(=O)Nc2ccccc2Br)CC1. The summed E-state index contributed by atoms with van der Waals surface area (Å²) in [4.78, 5) is 28.1. The maximum Gasteiger partial charge on any atom is 0.410 e. The number of amides is 2. The van der Waals surface area contributed by atoms with Crippen molar-refractivity contribution >= 4 is 33.6 Å². The third-order valence-corrected chi connectivity index (χ3v) is 4.52. The van der Waals surface area contributed by atoms with Gasteiger partial charge in [-0.2, -0.15) is 0 Å². The Labute approximate surface area is 157 Å². The van der Waals surface area contributed by atoms with E-state index < -0.39 is 5.60 Å². The topological polar surface area (TPSA) is 61.9 Å². The summed E-state index contributed by atoms with van der Waals surface area (Å²) in [6.45, 7) is 9.03. The van der Waals surface area contributed by atoms with Gasteiger partial charge in [-0.1, -0.05) is 12.1 Å². The van der Waals surface area contributed by atoms with Gasteiger partial charge >= 0.3 is 6.09 Å². The van der Waals surface area contributed by atoms with Crippen LogP contribution in [-0.4, -0.2) is 60.1 Å². The van der Waals surface area contributed by atoms with Gasteiger partial charge in [-0.15, -0.1) is 0 Å². The number of rotatable bonds is 4. The number of carbonyl (C=O) groups is 2. The molecule has 1 aliphatic heterocycles. The number of piperazine rings is 1. The standard InChI is InChI=1S/C18H26BrN3O3/c1-18(2,3)25-17(24)22-12-10-21(11-13-22)9-8-16(23)20-15-7-5-4-6-14(15)19/h4-7H,8-13H2,1-3H3,(H,20,23). The number of ether oxygens (including phenoxy) is 1. The van der Waals surface area contributed by atoms with Crippen LogP contribution in [0.1, 0.15) is 27.2 Å². The van der Waals surface area contributed by atoms with Crippen molar-refractivity contribution in [2.75, 3.05) is 38.0 Å². The molecular formula is C18H26BrN3O3. The van der Waals surface area contributed by atoms with Crippen LogP contribution in [0.15, 0.2) is 28.7 Å². The predicted octanol–water partition coefficient (Wildman–Crippen LogP) is 3.33. The van der Waals surface area contributed by atoms with E-state index in [1.807, 2.05) is 45.0 Å². The number of halogens is 1. The number of hydrogen-bond donors (Lipinski definition) is 1. The molecule has 1 aromatic carbocycles. The maximum atomic E-state index is 12.1. The molecule has 0 radical (unpaired) electrons. The molecule has 6 nitrogen and oxygen atoms in total. The minimum Gasteiger partial charge on any atom is -0.444 e. The zero-order valence-corrected chi connectivity index (χ0v) is 16.6. The summed E-state index contributed by atoms with van der Waals surface area (Å²) in [5, 5.41) is 2.91. The molecule has 0 saturated carbocycles. The number of para-hydroxylation sites is 1. The van der Waals surface area contributed by atoms with Crippen LogP contribution in [0.5, 0.6) is 0 Å². The Balaban J connectivity index is 1.71. The Morgan fingerprint density at radius 1 is 1.16 bits per heavy atom. The molecular weight excluding hydrogens is 386 g/mol. The minimum atomic E-state index is -0.474. The molecule has 7 heteroatoms. The van der Waals surface area contributed by atoms with E-state index in [1.54, 1.807) is 4.90 Å².